The second-order valence-electron chi connectivity index (χ2n) is 24.3. The molecule has 12 atom stereocenters. The van der Waals surface area contributed by atoms with Gasteiger partial charge in [0.05, 0.1) is 44.3 Å². The monoisotopic (exact) mass is 1300 g/mol. The molecule has 0 aromatic carbocycles. The van der Waals surface area contributed by atoms with Crippen LogP contribution in [0.3, 0.4) is 0 Å². The summed E-state index contributed by atoms with van der Waals surface area (Å²) in [6, 6.07) is -18.3. The minimum absolute atomic E-state index is 0.0284. The van der Waals surface area contributed by atoms with E-state index in [1.54, 1.807) is 19.9 Å². The Morgan fingerprint density at radius 2 is 1.12 bits per heavy atom. The molecule has 3 aliphatic heterocycles. The highest BCUT2D eigenvalue weighted by Crippen LogP contribution is 2.24. The number of nitrogens with one attached hydrogen (secondary N) is 10. The molecule has 92 heavy (non-hydrogen) atoms. The summed E-state index contributed by atoms with van der Waals surface area (Å²) in [4.78, 5) is 219. The van der Waals surface area contributed by atoms with E-state index in [1.165, 1.54) is 18.7 Å². The van der Waals surface area contributed by atoms with Crippen molar-refractivity contribution in [1.29, 1.82) is 0 Å². The lowest BCUT2D eigenvalue weighted by molar-refractivity contribution is -0.149. The molecule has 33 nitrogen and oxygen atoms in total. The van der Waals surface area contributed by atoms with Crippen molar-refractivity contribution in [3.8, 4) is 0 Å². The summed E-state index contributed by atoms with van der Waals surface area (Å²) in [5, 5.41) is 52.6. The van der Waals surface area contributed by atoms with Crippen molar-refractivity contribution in [2.45, 2.75) is 218 Å². The van der Waals surface area contributed by atoms with Crippen molar-refractivity contribution in [3.05, 3.63) is 12.2 Å². The van der Waals surface area contributed by atoms with E-state index in [2.05, 4.69) is 56.4 Å². The fourth-order valence-corrected chi connectivity index (χ4v) is 10.6. The molecule has 3 heterocycles. The average Bonchev–Trinajstić information content (AvgIpc) is 1.26. The van der Waals surface area contributed by atoms with Crippen LogP contribution < -0.4 is 64.6 Å². The van der Waals surface area contributed by atoms with Crippen LogP contribution in [-0.4, -0.2) is 212 Å². The summed E-state index contributed by atoms with van der Waals surface area (Å²) < 4.78 is 0. The number of amides is 13. The van der Waals surface area contributed by atoms with Gasteiger partial charge < -0.3 is 89.8 Å². The highest BCUT2D eigenvalue weighted by molar-refractivity contribution is 6.01. The van der Waals surface area contributed by atoms with Gasteiger partial charge >= 0.3 is 17.9 Å². The highest BCUT2D eigenvalue weighted by Gasteiger charge is 2.45. The lowest BCUT2D eigenvalue weighted by Gasteiger charge is -2.39. The van der Waals surface area contributed by atoms with Gasteiger partial charge in [-0.3, -0.25) is 76.7 Å². The number of carbonyl (C=O) groups is 16. The number of allylic oxidation sites excluding steroid dienone is 1. The van der Waals surface area contributed by atoms with Gasteiger partial charge in [-0.05, 0) is 77.6 Å². The molecule has 33 heteroatoms. The van der Waals surface area contributed by atoms with Crippen molar-refractivity contribution >= 4 is 94.7 Å². The minimum atomic E-state index is -2.13. The molecule has 0 bridgehead atoms. The van der Waals surface area contributed by atoms with Gasteiger partial charge in [-0.15, -0.1) is 0 Å². The van der Waals surface area contributed by atoms with Gasteiger partial charge in [-0.1, -0.05) is 72.0 Å². The SMILES string of the molecule is CC(C)CCCCCCC/C=C\CC(=O)N[C@@H](CC(N)=O)C(=O)N[C@@H]1C(=O)N2CCCC[C@@H]2C(=O)N[C@@H]([C@H](C)C(=O)O)C(=O)N[C@@H](CC(=O)O)C(=O)NCC(=O)N[C@@H](CC(=O)O)C(=O)NCC(=O)N[C@H]([C@H](C)N)C(=O)N[C@@H](C(C)C)C(=O)N2CCC[C@H]2C(=O)N[C@@H]1C. The van der Waals surface area contributed by atoms with Crippen molar-refractivity contribution in [3.63, 3.8) is 0 Å². The van der Waals surface area contributed by atoms with Crippen LogP contribution >= 0.6 is 0 Å². The van der Waals surface area contributed by atoms with Crippen molar-refractivity contribution < 1.29 is 92.0 Å². The minimum Gasteiger partial charge on any atom is -0.481 e. The van der Waals surface area contributed by atoms with Gasteiger partial charge in [0.1, 0.15) is 54.4 Å². The first-order valence-electron chi connectivity index (χ1n) is 31.2. The fraction of sp³-hybridized carbons (Fsp3) is 0.695. The molecular weight excluding hydrogens is 1210 g/mol. The number of nitrogens with two attached hydrogens (primary N) is 2. The van der Waals surface area contributed by atoms with E-state index in [1.807, 2.05) is 16.7 Å². The number of hydrogen-bond donors (Lipinski definition) is 15. The van der Waals surface area contributed by atoms with Crippen LogP contribution in [0, 0.1) is 17.8 Å². The van der Waals surface area contributed by atoms with Crippen molar-refractivity contribution in [1.82, 2.24) is 63.0 Å². The Morgan fingerprint density at radius 3 is 1.68 bits per heavy atom. The number of primary amides is 1. The molecular formula is C59H94N14O19. The number of nitrogens with zero attached hydrogens (tertiary/aromatic N) is 2. The number of carboxylic acid groups (broad SMARTS) is 3. The molecule has 0 aliphatic carbocycles. The molecule has 0 aromatic rings. The van der Waals surface area contributed by atoms with Crippen LogP contribution in [0.15, 0.2) is 12.2 Å². The predicted octanol–water partition coefficient (Wildman–Crippen LogP) is -3.62. The number of unbranched alkanes of at least 4 members (excludes halogenated alkanes) is 5. The zero-order valence-electron chi connectivity index (χ0n) is 53.3. The Bertz CT molecular complexity index is 2720. The van der Waals surface area contributed by atoms with E-state index in [9.17, 15) is 87.2 Å². The third kappa shape index (κ3) is 25.5. The lowest BCUT2D eigenvalue weighted by Crippen LogP contribution is -2.66. The number of hydrogen-bond acceptors (Lipinski definition) is 17. The highest BCUT2D eigenvalue weighted by atomic mass is 16.4. The number of carbonyl (C=O) groups excluding carboxylic acids is 13. The summed E-state index contributed by atoms with van der Waals surface area (Å²) in [5.74, 6) is -21.1. The topological polar surface area (TPSA) is 513 Å². The quantitative estimate of drug-likeness (QED) is 0.0347. The first-order valence-corrected chi connectivity index (χ1v) is 31.2. The summed E-state index contributed by atoms with van der Waals surface area (Å²) in [6.07, 6.45) is 7.71. The first kappa shape index (κ1) is 77.5. The largest absolute Gasteiger partial charge is 0.481 e. The molecule has 17 N–H and O–H groups in total. The zero-order valence-corrected chi connectivity index (χ0v) is 53.3. The fourth-order valence-electron chi connectivity index (χ4n) is 10.6. The van der Waals surface area contributed by atoms with E-state index in [0.29, 0.717) is 12.3 Å². The first-order chi connectivity index (χ1) is 43.2. The summed E-state index contributed by atoms with van der Waals surface area (Å²) in [7, 11) is 0. The Balaban J connectivity index is 2.16. The van der Waals surface area contributed by atoms with Crippen molar-refractivity contribution in [2.24, 2.45) is 29.2 Å². The number of aliphatic carboxylic acids is 3. The van der Waals surface area contributed by atoms with Crippen LogP contribution in [0.4, 0.5) is 0 Å². The number of carboxylic acids is 3. The number of rotatable bonds is 23. The smallest absolute Gasteiger partial charge is 0.308 e. The molecule has 3 aliphatic rings. The second-order valence-corrected chi connectivity index (χ2v) is 24.3. The van der Waals surface area contributed by atoms with Gasteiger partial charge in [0.15, 0.2) is 0 Å². The van der Waals surface area contributed by atoms with Crippen LogP contribution in [-0.2, 0) is 76.7 Å². The van der Waals surface area contributed by atoms with Gasteiger partial charge in [0.25, 0.3) is 0 Å². The molecule has 3 rings (SSSR count). The normalized spacial score (nSPS) is 25.2. The van der Waals surface area contributed by atoms with E-state index in [4.69, 9.17) is 11.5 Å². The van der Waals surface area contributed by atoms with Gasteiger partial charge in [-0.2, -0.15) is 0 Å². The Kier molecular flexibility index (Phi) is 32.1. The summed E-state index contributed by atoms with van der Waals surface area (Å²) >= 11 is 0. The van der Waals surface area contributed by atoms with E-state index >= 15 is 4.79 Å². The molecule has 3 saturated heterocycles. The van der Waals surface area contributed by atoms with Crippen molar-refractivity contribution in [2.75, 3.05) is 26.2 Å². The van der Waals surface area contributed by atoms with Crippen LogP contribution in [0.1, 0.15) is 151 Å². The molecule has 0 saturated carbocycles. The summed E-state index contributed by atoms with van der Waals surface area (Å²) in [5.41, 5.74) is 11.7. The Hall–Kier alpha value is -8.78. The summed E-state index contributed by atoms with van der Waals surface area (Å²) in [6.45, 7) is 8.81. The van der Waals surface area contributed by atoms with Gasteiger partial charge in [-0.25, -0.2) is 0 Å². The molecule has 3 fully saturated rings. The van der Waals surface area contributed by atoms with Gasteiger partial charge in [0, 0.05) is 25.6 Å². The van der Waals surface area contributed by atoms with Crippen LogP contribution in [0.2, 0.25) is 0 Å². The zero-order chi connectivity index (χ0) is 69.1. The maximum atomic E-state index is 15.2. The molecule has 0 radical (unpaired) electrons. The van der Waals surface area contributed by atoms with E-state index < -0.39 is 205 Å². The third-order valence-corrected chi connectivity index (χ3v) is 15.8. The number of piperidine rings is 1. The number of fused-ring (bicyclic) bond motifs is 2. The van der Waals surface area contributed by atoms with Crippen LogP contribution in [0.5, 0.6) is 0 Å². The lowest BCUT2D eigenvalue weighted by atomic mass is 9.96. The maximum absolute atomic E-state index is 15.2. The Labute approximate surface area is 533 Å². The van der Waals surface area contributed by atoms with Crippen LogP contribution in [0.25, 0.3) is 0 Å². The predicted molar refractivity (Wildman–Crippen MR) is 326 cm³/mol. The Morgan fingerprint density at radius 1 is 0.598 bits per heavy atom. The molecule has 0 aromatic heterocycles. The molecule has 0 spiro atoms. The third-order valence-electron chi connectivity index (χ3n) is 15.8. The van der Waals surface area contributed by atoms with Gasteiger partial charge in [0.2, 0.25) is 76.8 Å². The standard InChI is InChI=1S/C59H94N14O19/c1-30(2)19-14-12-10-8-9-11-13-15-22-41(75)65-35(25-40(61)74)52(84)71-49-34(7)64-53(85)39-21-18-24-73(39)57(89)46(31(3)4)69-56(88)48(33(6)60)68-43(77)29-63-50(82)36(26-44(78)79)66-42(76)28-62-51(83)37(27-45(80)81)67-55(87)47(32(5)59(91)92)70-54(86)38-20-16-17-23-72(38)58(49)90/h13,15,30-39,46-49H,8-12,14,16-29,60H2,1-7H3,(H2,61,74)(H,62,83)(H,63,82)(H,64,85)(H,65,75)(H,66,76)(H,67,87)(H,68,77)(H,69,88)(H,70,86)(H,71,84)(H,78,79)(H,80,81)(H,91,92)/b15-13-/t32-,33-,34+,35-,36-,37-,38+,39-,46-,47-,48+,49-/m0/s1. The maximum Gasteiger partial charge on any atom is 0.308 e. The molecule has 514 valence electrons. The average molecular weight is 1300 g/mol. The van der Waals surface area contributed by atoms with E-state index in [-0.39, 0.29) is 51.6 Å². The molecule has 13 amide bonds. The second kappa shape index (κ2) is 38.2. The molecule has 0 unspecified atom stereocenters. The van der Waals surface area contributed by atoms with E-state index in [0.717, 1.165) is 50.3 Å².